The average molecular weight is 1120 g/mol. The molecule has 10 N–H and O–H groups in total. The number of rotatable bonds is 39. The van der Waals surface area contributed by atoms with E-state index in [0.29, 0.717) is 101 Å². The average Bonchev–Trinajstić information content (AvgIpc) is 4.08. The first-order valence-electron chi connectivity index (χ1n) is 25.3. The first kappa shape index (κ1) is 62.5. The highest BCUT2D eigenvalue weighted by Crippen LogP contribution is 2.34. The van der Waals surface area contributed by atoms with E-state index in [9.17, 15) is 63.9 Å². The Morgan fingerprint density at radius 3 is 2.05 bits per heavy atom. The first-order valence-corrected chi connectivity index (χ1v) is 25.7. The Hall–Kier alpha value is -6.31. The fourth-order valence-corrected chi connectivity index (χ4v) is 8.08. The molecule has 0 unspecified atom stereocenters. The molecule has 430 valence electrons. The van der Waals surface area contributed by atoms with E-state index in [0.717, 1.165) is 4.90 Å². The second-order valence-corrected chi connectivity index (χ2v) is 18.4. The summed E-state index contributed by atoms with van der Waals surface area (Å²) in [4.78, 5) is 98.0. The Morgan fingerprint density at radius 2 is 1.40 bits per heavy atom. The third-order valence-electron chi connectivity index (χ3n) is 12.2. The fraction of sp³-hybridized carbons (Fsp3) is 0.592. The summed E-state index contributed by atoms with van der Waals surface area (Å²) in [5.74, 6) is -6.74. The molecule has 5 rings (SSSR count). The number of ether oxygens (including phenoxy) is 6. The summed E-state index contributed by atoms with van der Waals surface area (Å²) in [7, 11) is 0. The Kier molecular flexibility index (Phi) is 26.1. The number of carboxylic acid groups (broad SMARTS) is 1. The molecule has 0 aliphatic carbocycles. The van der Waals surface area contributed by atoms with Gasteiger partial charge in [0.2, 0.25) is 17.7 Å². The van der Waals surface area contributed by atoms with Crippen LogP contribution in [0.1, 0.15) is 49.8 Å². The van der Waals surface area contributed by atoms with Gasteiger partial charge >= 0.3 is 5.97 Å². The fourth-order valence-electron chi connectivity index (χ4n) is 7.95. The molecule has 6 atom stereocenters. The molecule has 1 saturated heterocycles. The molecule has 0 saturated carbocycles. The molecule has 2 aliphatic heterocycles. The van der Waals surface area contributed by atoms with Crippen molar-refractivity contribution in [2.24, 2.45) is 0 Å². The van der Waals surface area contributed by atoms with Crippen molar-refractivity contribution in [1.29, 1.82) is 0 Å². The van der Waals surface area contributed by atoms with Crippen molar-refractivity contribution in [1.82, 2.24) is 35.8 Å². The van der Waals surface area contributed by atoms with Gasteiger partial charge in [-0.3, -0.25) is 38.5 Å². The Balaban J connectivity index is 0.903. The minimum absolute atomic E-state index is 0.0846. The number of hydrogen-bond donors (Lipinski definition) is 10. The molecule has 5 amide bonds. The van der Waals surface area contributed by atoms with Gasteiger partial charge in [-0.05, 0) is 30.5 Å². The van der Waals surface area contributed by atoms with E-state index in [2.05, 4.69) is 36.9 Å². The number of aromatic nitrogens is 3. The van der Waals surface area contributed by atoms with Crippen molar-refractivity contribution in [3.8, 4) is 0 Å². The number of aliphatic hydroxyl groups excluding tert-OH is 4. The topological polar surface area (TPSA) is 387 Å². The summed E-state index contributed by atoms with van der Waals surface area (Å²) in [6.45, 7) is 1.86. The van der Waals surface area contributed by atoms with Gasteiger partial charge in [-0.15, -0.1) is 5.10 Å². The molecule has 2 aliphatic rings. The molecule has 3 aromatic rings. The number of halogens is 1. The van der Waals surface area contributed by atoms with Gasteiger partial charge in [0.25, 0.3) is 28.5 Å². The van der Waals surface area contributed by atoms with Crippen molar-refractivity contribution >= 4 is 58.5 Å². The number of aliphatic hydroxyl groups is 4. The molecule has 28 nitrogen and oxygen atoms in total. The van der Waals surface area contributed by atoms with Crippen molar-refractivity contribution in [2.45, 2.75) is 94.3 Å². The van der Waals surface area contributed by atoms with Gasteiger partial charge in [0, 0.05) is 56.2 Å². The summed E-state index contributed by atoms with van der Waals surface area (Å²) in [6, 6.07) is 4.96. The SMILES string of the molecule is O=C(CCOCCOCCOCCOCCn1cc(CNc2c(NCCCCCCO[C@]3(C(=O)O)C[C@H](O)[C@@H](NC(=O)CO)[C@H]([C@H](O)[C@H](O)CNC(=O)Cc4ccc(Cl)cc4)O3)c(=O)c2=O)nn1)NCCN1C(=O)C=CC1=O. The van der Waals surface area contributed by atoms with Crippen LogP contribution < -0.4 is 37.4 Å². The van der Waals surface area contributed by atoms with Gasteiger partial charge in [-0.1, -0.05) is 41.8 Å². The van der Waals surface area contributed by atoms with Crippen molar-refractivity contribution in [2.75, 3.05) is 103 Å². The number of nitrogens with zero attached hydrogens (tertiary/aromatic N) is 4. The van der Waals surface area contributed by atoms with Gasteiger partial charge in [-0.2, -0.15) is 0 Å². The van der Waals surface area contributed by atoms with Gasteiger partial charge in [-0.25, -0.2) is 9.48 Å². The molecule has 0 radical (unpaired) electrons. The highest BCUT2D eigenvalue weighted by Gasteiger charge is 2.56. The maximum absolute atomic E-state index is 12.6. The van der Waals surface area contributed by atoms with Gasteiger partial charge < -0.3 is 80.5 Å². The highest BCUT2D eigenvalue weighted by molar-refractivity contribution is 6.30. The van der Waals surface area contributed by atoms with Crippen LogP contribution in [0.4, 0.5) is 11.4 Å². The number of nitrogens with one attached hydrogen (secondary N) is 5. The molecule has 0 bridgehead atoms. The predicted octanol–water partition coefficient (Wildman–Crippen LogP) is -2.89. The van der Waals surface area contributed by atoms with E-state index in [1.165, 1.54) is 12.2 Å². The van der Waals surface area contributed by atoms with Crippen LogP contribution in [-0.4, -0.2) is 209 Å². The highest BCUT2D eigenvalue weighted by atomic mass is 35.5. The normalized spacial score (nSPS) is 19.0. The van der Waals surface area contributed by atoms with E-state index < -0.39 is 96.3 Å². The van der Waals surface area contributed by atoms with Crippen LogP contribution in [0.2, 0.25) is 5.02 Å². The molecule has 29 heteroatoms. The van der Waals surface area contributed by atoms with Crippen molar-refractivity contribution < 1.29 is 82.7 Å². The number of unbranched alkanes of at least 4 members (excludes halogenated alkanes) is 3. The summed E-state index contributed by atoms with van der Waals surface area (Å²) >= 11 is 5.89. The van der Waals surface area contributed by atoms with E-state index in [1.807, 2.05) is 0 Å². The summed E-state index contributed by atoms with van der Waals surface area (Å²) in [5, 5.41) is 74.6. The van der Waals surface area contributed by atoms with E-state index >= 15 is 0 Å². The number of anilines is 2. The molecular formula is C49H68ClN9O19. The number of hydrogen-bond acceptors (Lipinski definition) is 22. The lowest BCUT2D eigenvalue weighted by atomic mass is 9.88. The lowest BCUT2D eigenvalue weighted by molar-refractivity contribution is -0.310. The largest absolute Gasteiger partial charge is 0.477 e. The van der Waals surface area contributed by atoms with Crippen molar-refractivity contribution in [3.05, 3.63) is 79.3 Å². The zero-order valence-corrected chi connectivity index (χ0v) is 43.6. The second-order valence-electron chi connectivity index (χ2n) is 18.0. The molecule has 0 spiro atoms. The van der Waals surface area contributed by atoms with Crippen LogP contribution >= 0.6 is 11.6 Å². The Bertz CT molecular complexity index is 2510. The van der Waals surface area contributed by atoms with Gasteiger partial charge in [0.05, 0.1) is 103 Å². The molecule has 2 aromatic carbocycles. The lowest BCUT2D eigenvalue weighted by Gasteiger charge is -2.46. The number of amides is 5. The number of benzene rings is 1. The molecule has 1 fully saturated rings. The number of carbonyl (C=O) groups is 6. The van der Waals surface area contributed by atoms with Gasteiger partial charge in [0.15, 0.2) is 0 Å². The van der Waals surface area contributed by atoms with Crippen LogP contribution in [0.25, 0.3) is 0 Å². The predicted molar refractivity (Wildman–Crippen MR) is 273 cm³/mol. The van der Waals surface area contributed by atoms with Crippen molar-refractivity contribution in [3.63, 3.8) is 0 Å². The monoisotopic (exact) mass is 1120 g/mol. The molecular weight excluding hydrogens is 1050 g/mol. The molecule has 78 heavy (non-hydrogen) atoms. The molecule has 1 aromatic heterocycles. The maximum atomic E-state index is 12.6. The number of carbonyl (C=O) groups excluding carboxylic acids is 5. The standard InChI is InChI=1S/C49H68ClN9O19/c50-32-7-5-31(6-8-32)25-37(64)53-28-35(62)44(68)47-41(55-38(65)30-60)34(61)26-49(78-47,48(71)72)77-16-4-2-1-3-12-52-42-43(46(70)45(42)69)54-27-33-29-58(57-56-33)15-18-74-20-22-76-24-23-75-21-19-73-17-11-36(63)51-13-14-59-39(66)9-10-40(59)67/h5-10,29,34-35,41,44,47,52,54,60-62,68H,1-4,11-28,30H2,(H,51,63)(H,53,64)(H,55,65)(H,71,72)/t34-,35+,41+,44+,47+,49+/m0/s1. The van der Waals surface area contributed by atoms with E-state index in [1.54, 1.807) is 35.1 Å². The Labute approximate surface area is 452 Å². The van der Waals surface area contributed by atoms with Crippen LogP contribution in [0.5, 0.6) is 0 Å². The third kappa shape index (κ3) is 19.9. The number of aliphatic carboxylic acids is 1. The second kappa shape index (κ2) is 32.6. The third-order valence-corrected chi connectivity index (χ3v) is 12.4. The first-order chi connectivity index (χ1) is 37.5. The quantitative estimate of drug-likeness (QED) is 0.0156. The van der Waals surface area contributed by atoms with E-state index in [4.69, 9.17) is 40.0 Å². The van der Waals surface area contributed by atoms with E-state index in [-0.39, 0.29) is 63.0 Å². The molecule has 3 heterocycles. The van der Waals surface area contributed by atoms with Crippen LogP contribution in [0.3, 0.4) is 0 Å². The minimum Gasteiger partial charge on any atom is -0.477 e. The summed E-state index contributed by atoms with van der Waals surface area (Å²) in [5.41, 5.74) is 0.0383. The van der Waals surface area contributed by atoms with Crippen LogP contribution in [-0.2, 0) is 76.7 Å². The number of imide groups is 1. The summed E-state index contributed by atoms with van der Waals surface area (Å²) in [6.07, 6.45) is -1.89. The van der Waals surface area contributed by atoms with Crippen LogP contribution in [0, 0.1) is 0 Å². The smallest absolute Gasteiger partial charge is 0.364 e. The zero-order chi connectivity index (χ0) is 56.5. The zero-order valence-electron chi connectivity index (χ0n) is 42.8. The van der Waals surface area contributed by atoms with Crippen LogP contribution in [0.15, 0.2) is 52.2 Å². The number of carboxylic acids is 1. The lowest BCUT2D eigenvalue weighted by Crippen LogP contribution is -2.68. The van der Waals surface area contributed by atoms with Gasteiger partial charge in [0.1, 0.15) is 35.9 Å². The summed E-state index contributed by atoms with van der Waals surface area (Å²) < 4.78 is 35.0. The minimum atomic E-state index is -2.52. The Morgan fingerprint density at radius 1 is 0.769 bits per heavy atom. The maximum Gasteiger partial charge on any atom is 0.364 e.